The largest absolute Gasteiger partial charge is 0.388 e. The second-order valence-corrected chi connectivity index (χ2v) is 8.12. The number of sulfone groups is 1. The third-order valence-corrected chi connectivity index (χ3v) is 5.50. The lowest BCUT2D eigenvalue weighted by atomic mass is 9.97. The third-order valence-electron chi connectivity index (χ3n) is 3.13. The molecule has 2 fully saturated rings. The summed E-state index contributed by atoms with van der Waals surface area (Å²) >= 11 is 5.89. The van der Waals surface area contributed by atoms with E-state index in [2.05, 4.69) is 5.32 Å². The number of nitrogens with zero attached hydrogens (tertiary/aromatic N) is 1. The minimum Gasteiger partial charge on any atom is -0.388 e. The summed E-state index contributed by atoms with van der Waals surface area (Å²) < 4.78 is 22.7. The van der Waals surface area contributed by atoms with E-state index >= 15 is 0 Å². The number of halogens is 1. The number of carbonyl (C=O) groups is 1. The summed E-state index contributed by atoms with van der Waals surface area (Å²) in [7, 11) is -3.13. The molecular weight excluding hydrogens is 280 g/mol. The second kappa shape index (κ2) is 4.63. The number of carbonyl (C=O) groups excluding carboxylic acids is 1. The maximum atomic E-state index is 11.7. The Hall–Kier alpha value is -0.370. The molecule has 2 heterocycles. The number of hydrogen-bond acceptors (Lipinski definition) is 5. The van der Waals surface area contributed by atoms with E-state index in [1.165, 1.54) is 0 Å². The van der Waals surface area contributed by atoms with Gasteiger partial charge < -0.3 is 10.4 Å². The van der Waals surface area contributed by atoms with Gasteiger partial charge in [-0.25, -0.2) is 8.42 Å². The van der Waals surface area contributed by atoms with E-state index in [0.29, 0.717) is 13.1 Å². The van der Waals surface area contributed by atoms with E-state index in [1.54, 1.807) is 11.8 Å². The van der Waals surface area contributed by atoms with Crippen LogP contribution in [0.2, 0.25) is 0 Å². The lowest BCUT2D eigenvalue weighted by Gasteiger charge is -2.43. The van der Waals surface area contributed by atoms with E-state index in [9.17, 15) is 18.3 Å². The maximum absolute atomic E-state index is 11.7. The summed E-state index contributed by atoms with van der Waals surface area (Å²) in [6, 6.07) is -0.508. The second-order valence-electron chi connectivity index (χ2n) is 5.41. The fraction of sp³-hybridized carbons (Fsp3) is 0.900. The van der Waals surface area contributed by atoms with Gasteiger partial charge >= 0.3 is 0 Å². The molecule has 2 N–H and O–H groups in total. The minimum absolute atomic E-state index is 0.0854. The van der Waals surface area contributed by atoms with Gasteiger partial charge in [0.25, 0.3) is 0 Å². The summed E-state index contributed by atoms with van der Waals surface area (Å²) in [5, 5.41) is 11.6. The molecule has 2 saturated heterocycles. The molecule has 104 valence electrons. The minimum atomic E-state index is -3.13. The molecule has 2 aliphatic rings. The van der Waals surface area contributed by atoms with Gasteiger partial charge in [0.05, 0.1) is 35.1 Å². The van der Waals surface area contributed by atoms with Crippen molar-refractivity contribution in [2.45, 2.75) is 23.9 Å². The Morgan fingerprint density at radius 1 is 1.50 bits per heavy atom. The lowest BCUT2D eigenvalue weighted by Crippen LogP contribution is -2.62. The number of amides is 1. The Morgan fingerprint density at radius 2 is 2.11 bits per heavy atom. The molecule has 0 bridgehead atoms. The van der Waals surface area contributed by atoms with Gasteiger partial charge in [0.15, 0.2) is 9.84 Å². The summed E-state index contributed by atoms with van der Waals surface area (Å²) in [4.78, 5) is 13.5. The predicted molar refractivity (Wildman–Crippen MR) is 67.3 cm³/mol. The van der Waals surface area contributed by atoms with Gasteiger partial charge in [-0.3, -0.25) is 9.69 Å². The molecular formula is C10H17ClN2O4S. The zero-order valence-corrected chi connectivity index (χ0v) is 11.7. The highest BCUT2D eigenvalue weighted by atomic mass is 35.5. The Bertz CT molecular complexity index is 443. The van der Waals surface area contributed by atoms with Gasteiger partial charge in [-0.1, -0.05) is 0 Å². The van der Waals surface area contributed by atoms with Gasteiger partial charge in [-0.05, 0) is 6.92 Å². The molecule has 6 nitrogen and oxygen atoms in total. The first kappa shape index (κ1) is 14.0. The molecule has 2 rings (SSSR count). The molecule has 0 aliphatic carbocycles. The van der Waals surface area contributed by atoms with Gasteiger partial charge in [0, 0.05) is 13.1 Å². The van der Waals surface area contributed by atoms with Crippen molar-refractivity contribution in [1.29, 1.82) is 0 Å². The van der Waals surface area contributed by atoms with Crippen molar-refractivity contribution < 1.29 is 18.3 Å². The fourth-order valence-corrected chi connectivity index (χ4v) is 4.97. The Balaban J connectivity index is 1.79. The van der Waals surface area contributed by atoms with E-state index in [1.807, 2.05) is 0 Å². The SMILES string of the molecule is CC1(O)CN(CC(=O)NC2CS(=O)(=O)CC2Cl)C1. The lowest BCUT2D eigenvalue weighted by molar-refractivity contribution is -0.130. The van der Waals surface area contributed by atoms with Crippen molar-refractivity contribution in [2.24, 2.45) is 0 Å². The molecule has 0 radical (unpaired) electrons. The third kappa shape index (κ3) is 3.34. The predicted octanol–water partition coefficient (Wildman–Crippen LogP) is -1.43. The van der Waals surface area contributed by atoms with E-state index in [-0.39, 0.29) is 24.0 Å². The van der Waals surface area contributed by atoms with E-state index in [4.69, 9.17) is 11.6 Å². The maximum Gasteiger partial charge on any atom is 0.234 e. The quantitative estimate of drug-likeness (QED) is 0.624. The number of aliphatic hydroxyl groups is 1. The first-order valence-electron chi connectivity index (χ1n) is 5.75. The van der Waals surface area contributed by atoms with Crippen molar-refractivity contribution in [3.63, 3.8) is 0 Å². The average molecular weight is 297 g/mol. The topological polar surface area (TPSA) is 86.7 Å². The van der Waals surface area contributed by atoms with E-state index < -0.39 is 26.9 Å². The molecule has 0 aromatic carbocycles. The van der Waals surface area contributed by atoms with Gasteiger partial charge in [-0.15, -0.1) is 11.6 Å². The van der Waals surface area contributed by atoms with Crippen LogP contribution in [0.15, 0.2) is 0 Å². The summed E-state index contributed by atoms with van der Waals surface area (Å²) in [6.07, 6.45) is 0. The molecule has 0 aromatic rings. The monoisotopic (exact) mass is 296 g/mol. The molecule has 0 saturated carbocycles. The summed E-state index contributed by atoms with van der Waals surface area (Å²) in [5.74, 6) is -0.430. The highest BCUT2D eigenvalue weighted by Crippen LogP contribution is 2.20. The number of likely N-dealkylation sites (tertiary alicyclic amines) is 1. The molecule has 0 aromatic heterocycles. The van der Waals surface area contributed by atoms with Crippen LogP contribution >= 0.6 is 11.6 Å². The van der Waals surface area contributed by atoms with Crippen LogP contribution in [0.3, 0.4) is 0 Å². The molecule has 1 amide bonds. The molecule has 18 heavy (non-hydrogen) atoms. The molecule has 2 aliphatic heterocycles. The fourth-order valence-electron chi connectivity index (χ4n) is 2.42. The van der Waals surface area contributed by atoms with Crippen LogP contribution in [0.25, 0.3) is 0 Å². The smallest absolute Gasteiger partial charge is 0.234 e. The number of β-amino-alcohol motifs (C(OH)–C–C–N with tert-alkyl or cyclic N) is 1. The number of alkyl halides is 1. The van der Waals surface area contributed by atoms with Gasteiger partial charge in [0.1, 0.15) is 0 Å². The number of nitrogens with one attached hydrogen (secondary N) is 1. The van der Waals surface area contributed by atoms with Gasteiger partial charge in [-0.2, -0.15) is 0 Å². The van der Waals surface area contributed by atoms with Crippen LogP contribution in [0.1, 0.15) is 6.92 Å². The van der Waals surface area contributed by atoms with Crippen molar-refractivity contribution in [3.8, 4) is 0 Å². The first-order valence-corrected chi connectivity index (χ1v) is 8.01. The van der Waals surface area contributed by atoms with Crippen LogP contribution in [0.5, 0.6) is 0 Å². The Morgan fingerprint density at radius 3 is 2.56 bits per heavy atom. The van der Waals surface area contributed by atoms with Crippen LogP contribution in [-0.4, -0.2) is 72.5 Å². The van der Waals surface area contributed by atoms with Crippen molar-refractivity contribution in [1.82, 2.24) is 10.2 Å². The van der Waals surface area contributed by atoms with Crippen molar-refractivity contribution in [3.05, 3.63) is 0 Å². The zero-order valence-electron chi connectivity index (χ0n) is 10.1. The highest BCUT2D eigenvalue weighted by molar-refractivity contribution is 7.91. The summed E-state index contributed by atoms with van der Waals surface area (Å²) in [5.41, 5.74) is -0.716. The standard InChI is InChI=1S/C10H17ClN2O4S/c1-10(15)5-13(6-10)2-9(14)12-8-4-18(16,17)3-7(8)11/h7-8,15H,2-6H2,1H3,(H,12,14). The van der Waals surface area contributed by atoms with Crippen LogP contribution in [0.4, 0.5) is 0 Å². The first-order chi connectivity index (χ1) is 8.17. The average Bonchev–Trinajstić information content (AvgIpc) is 2.35. The van der Waals surface area contributed by atoms with Gasteiger partial charge in [0.2, 0.25) is 5.91 Å². The summed E-state index contributed by atoms with van der Waals surface area (Å²) in [6.45, 7) is 2.78. The molecule has 0 spiro atoms. The molecule has 2 atom stereocenters. The van der Waals surface area contributed by atoms with Crippen LogP contribution < -0.4 is 5.32 Å². The molecule has 8 heteroatoms. The normalized spacial score (nSPS) is 33.9. The molecule has 2 unspecified atom stereocenters. The number of hydrogen-bond donors (Lipinski definition) is 2. The van der Waals surface area contributed by atoms with E-state index in [0.717, 1.165) is 0 Å². The Labute approximate surface area is 111 Å². The highest BCUT2D eigenvalue weighted by Gasteiger charge is 2.40. The van der Waals surface area contributed by atoms with Crippen LogP contribution in [0, 0.1) is 0 Å². The zero-order chi connectivity index (χ0) is 13.6. The van der Waals surface area contributed by atoms with Crippen molar-refractivity contribution in [2.75, 3.05) is 31.1 Å². The number of rotatable bonds is 3. The Kier molecular flexibility index (Phi) is 3.61. The van der Waals surface area contributed by atoms with Crippen LogP contribution in [-0.2, 0) is 14.6 Å². The van der Waals surface area contributed by atoms with Crippen molar-refractivity contribution >= 4 is 27.3 Å².